The highest BCUT2D eigenvalue weighted by Gasteiger charge is 2.23. The molecule has 0 bridgehead atoms. The third kappa shape index (κ3) is 2.86. The number of benzene rings is 1. The Bertz CT molecular complexity index is 563. The van der Waals surface area contributed by atoms with Crippen molar-refractivity contribution >= 4 is 22.9 Å². The van der Waals surface area contributed by atoms with Crippen LogP contribution < -0.4 is 0 Å². The van der Waals surface area contributed by atoms with Crippen LogP contribution in [0.5, 0.6) is 0 Å². The second kappa shape index (κ2) is 5.66. The molecule has 19 heavy (non-hydrogen) atoms. The number of aryl methyl sites for hydroxylation is 1. The molecule has 0 saturated heterocycles. The van der Waals surface area contributed by atoms with Crippen LogP contribution in [0.4, 0.5) is 0 Å². The van der Waals surface area contributed by atoms with Gasteiger partial charge < -0.3 is 5.11 Å². The van der Waals surface area contributed by atoms with Crippen LogP contribution in [0.2, 0.25) is 5.02 Å². The average molecular weight is 293 g/mol. The number of aliphatic hydroxyl groups excluding tert-OH is 1. The molecule has 1 aliphatic rings. The summed E-state index contributed by atoms with van der Waals surface area (Å²) in [5.41, 5.74) is 2.88. The molecule has 2 atom stereocenters. The fourth-order valence-corrected chi connectivity index (χ4v) is 4.07. The van der Waals surface area contributed by atoms with E-state index in [9.17, 15) is 5.11 Å². The summed E-state index contributed by atoms with van der Waals surface area (Å²) in [6.07, 6.45) is 3.97. The molecule has 3 rings (SSSR count). The summed E-state index contributed by atoms with van der Waals surface area (Å²) in [5, 5.41) is 13.0. The van der Waals surface area contributed by atoms with Crippen LogP contribution in [0.15, 0.2) is 35.7 Å². The zero-order chi connectivity index (χ0) is 13.2. The van der Waals surface area contributed by atoms with E-state index < -0.39 is 6.10 Å². The molecule has 3 heteroatoms. The number of thiophene rings is 1. The minimum absolute atomic E-state index is 0.395. The third-order valence-electron chi connectivity index (χ3n) is 3.92. The van der Waals surface area contributed by atoms with Crippen molar-refractivity contribution in [3.8, 4) is 0 Å². The normalized spacial score (nSPS) is 20.0. The van der Waals surface area contributed by atoms with Gasteiger partial charge in [0.15, 0.2) is 0 Å². The molecule has 0 spiro atoms. The number of fused-ring (bicyclic) bond motifs is 1. The first kappa shape index (κ1) is 13.2. The molecule has 0 fully saturated rings. The smallest absolute Gasteiger partial charge is 0.0888 e. The fraction of sp³-hybridized carbons (Fsp3) is 0.375. The molecule has 1 aromatic carbocycles. The van der Waals surface area contributed by atoms with Crippen molar-refractivity contribution in [2.45, 2.75) is 37.7 Å². The number of hydrogen-bond donors (Lipinski definition) is 1. The van der Waals surface area contributed by atoms with Gasteiger partial charge in [-0.1, -0.05) is 35.9 Å². The van der Waals surface area contributed by atoms with Crippen molar-refractivity contribution < 1.29 is 5.11 Å². The highest BCUT2D eigenvalue weighted by molar-refractivity contribution is 7.10. The van der Waals surface area contributed by atoms with Gasteiger partial charge in [-0.3, -0.25) is 0 Å². The van der Waals surface area contributed by atoms with Gasteiger partial charge in [0.2, 0.25) is 0 Å². The Labute approximate surface area is 122 Å². The molecular formula is C16H17ClOS. The maximum atomic E-state index is 10.4. The zero-order valence-electron chi connectivity index (χ0n) is 10.7. The topological polar surface area (TPSA) is 20.2 Å². The van der Waals surface area contributed by atoms with Gasteiger partial charge in [0.05, 0.1) is 11.1 Å². The summed E-state index contributed by atoms with van der Waals surface area (Å²) in [4.78, 5) is 0.980. The largest absolute Gasteiger partial charge is 0.388 e. The molecule has 0 radical (unpaired) electrons. The molecule has 0 saturated carbocycles. The lowest BCUT2D eigenvalue weighted by atomic mass is 9.80. The zero-order valence-corrected chi connectivity index (χ0v) is 12.3. The van der Waals surface area contributed by atoms with Crippen LogP contribution in [0.1, 0.15) is 47.3 Å². The van der Waals surface area contributed by atoms with Gasteiger partial charge in [0.1, 0.15) is 0 Å². The third-order valence-corrected chi connectivity index (χ3v) is 5.30. The van der Waals surface area contributed by atoms with Crippen LogP contribution in [0, 0.1) is 0 Å². The van der Waals surface area contributed by atoms with E-state index in [0.29, 0.717) is 5.92 Å². The van der Waals surface area contributed by atoms with E-state index in [1.165, 1.54) is 30.4 Å². The molecule has 2 unspecified atom stereocenters. The van der Waals surface area contributed by atoms with E-state index in [0.717, 1.165) is 16.3 Å². The van der Waals surface area contributed by atoms with Crippen molar-refractivity contribution in [2.75, 3.05) is 0 Å². The van der Waals surface area contributed by atoms with E-state index in [-0.39, 0.29) is 0 Å². The Hall–Kier alpha value is -0.830. The Kier molecular flexibility index (Phi) is 3.92. The monoisotopic (exact) mass is 292 g/mol. The maximum absolute atomic E-state index is 10.4. The number of aliphatic hydroxyl groups is 1. The molecule has 1 heterocycles. The first-order valence-electron chi connectivity index (χ1n) is 6.74. The van der Waals surface area contributed by atoms with Crippen LogP contribution >= 0.6 is 22.9 Å². The van der Waals surface area contributed by atoms with Gasteiger partial charge in [0.25, 0.3) is 0 Å². The fourth-order valence-electron chi connectivity index (χ4n) is 2.99. The Morgan fingerprint density at radius 3 is 3.00 bits per heavy atom. The lowest BCUT2D eigenvalue weighted by molar-refractivity contribution is 0.157. The minimum atomic E-state index is -0.395. The molecule has 100 valence electrons. The minimum Gasteiger partial charge on any atom is -0.388 e. The molecular weight excluding hydrogens is 276 g/mol. The second-order valence-corrected chi connectivity index (χ2v) is 6.59. The molecule has 1 N–H and O–H groups in total. The van der Waals surface area contributed by atoms with Crippen molar-refractivity contribution in [3.05, 3.63) is 56.7 Å². The molecule has 0 aliphatic heterocycles. The van der Waals surface area contributed by atoms with E-state index in [2.05, 4.69) is 24.3 Å². The van der Waals surface area contributed by atoms with Crippen LogP contribution in [-0.2, 0) is 6.42 Å². The lowest BCUT2D eigenvalue weighted by Crippen LogP contribution is -2.12. The molecule has 2 aromatic rings. The van der Waals surface area contributed by atoms with E-state index in [4.69, 9.17) is 11.6 Å². The van der Waals surface area contributed by atoms with Gasteiger partial charge in [0, 0.05) is 10.3 Å². The number of hydrogen-bond acceptors (Lipinski definition) is 2. The Morgan fingerprint density at radius 2 is 2.21 bits per heavy atom. The Morgan fingerprint density at radius 1 is 1.37 bits per heavy atom. The summed E-state index contributed by atoms with van der Waals surface area (Å²) >= 11 is 7.47. The second-order valence-electron chi connectivity index (χ2n) is 5.21. The summed E-state index contributed by atoms with van der Waals surface area (Å²) in [6.45, 7) is 0. The molecule has 1 aromatic heterocycles. The highest BCUT2D eigenvalue weighted by atomic mass is 35.5. The first-order chi connectivity index (χ1) is 9.24. The van der Waals surface area contributed by atoms with Crippen LogP contribution in [-0.4, -0.2) is 5.11 Å². The van der Waals surface area contributed by atoms with Crippen LogP contribution in [0.3, 0.4) is 0 Å². The summed E-state index contributed by atoms with van der Waals surface area (Å²) in [5.74, 6) is 0.473. The SMILES string of the molecule is OC(CC1CCCc2ccccc21)c1cc(Cl)cs1. The molecule has 1 nitrogen and oxygen atoms in total. The Balaban J connectivity index is 1.77. The predicted octanol–water partition coefficient (Wildman–Crippen LogP) is 4.95. The van der Waals surface area contributed by atoms with E-state index >= 15 is 0 Å². The van der Waals surface area contributed by atoms with Crippen molar-refractivity contribution in [3.63, 3.8) is 0 Å². The standard InChI is InChI=1S/C16H17ClOS/c17-13-9-16(19-10-13)15(18)8-12-6-3-5-11-4-1-2-7-14(11)12/h1-2,4,7,9-10,12,15,18H,3,5-6,8H2. The lowest BCUT2D eigenvalue weighted by Gasteiger charge is -2.27. The van der Waals surface area contributed by atoms with Crippen molar-refractivity contribution in [1.82, 2.24) is 0 Å². The van der Waals surface area contributed by atoms with Crippen molar-refractivity contribution in [2.24, 2.45) is 0 Å². The first-order valence-corrected chi connectivity index (χ1v) is 7.99. The highest BCUT2D eigenvalue weighted by Crippen LogP contribution is 2.39. The van der Waals surface area contributed by atoms with Gasteiger partial charge in [-0.05, 0) is 48.8 Å². The van der Waals surface area contributed by atoms with Crippen LogP contribution in [0.25, 0.3) is 0 Å². The van der Waals surface area contributed by atoms with Gasteiger partial charge in [-0.25, -0.2) is 0 Å². The van der Waals surface area contributed by atoms with Crippen molar-refractivity contribution in [1.29, 1.82) is 0 Å². The molecule has 0 amide bonds. The number of rotatable bonds is 3. The van der Waals surface area contributed by atoms with E-state index in [1.807, 2.05) is 11.4 Å². The molecule has 1 aliphatic carbocycles. The summed E-state index contributed by atoms with van der Waals surface area (Å²) in [7, 11) is 0. The van der Waals surface area contributed by atoms with Gasteiger partial charge >= 0.3 is 0 Å². The predicted molar refractivity (Wildman–Crippen MR) is 81.0 cm³/mol. The van der Waals surface area contributed by atoms with Gasteiger partial charge in [-0.15, -0.1) is 11.3 Å². The number of halogens is 1. The quantitative estimate of drug-likeness (QED) is 0.849. The van der Waals surface area contributed by atoms with Gasteiger partial charge in [-0.2, -0.15) is 0 Å². The summed E-state index contributed by atoms with van der Waals surface area (Å²) in [6, 6.07) is 10.5. The average Bonchev–Trinajstić information content (AvgIpc) is 2.86. The maximum Gasteiger partial charge on any atom is 0.0888 e. The summed E-state index contributed by atoms with van der Waals surface area (Å²) < 4.78 is 0. The van der Waals surface area contributed by atoms with E-state index in [1.54, 1.807) is 11.3 Å².